The Morgan fingerprint density at radius 1 is 1.12 bits per heavy atom. The van der Waals surface area contributed by atoms with E-state index in [-0.39, 0.29) is 19.4 Å². The van der Waals surface area contributed by atoms with Gasteiger partial charge in [-0.05, 0) is 25.5 Å². The van der Waals surface area contributed by atoms with Gasteiger partial charge in [-0.1, -0.05) is 18.2 Å². The highest BCUT2D eigenvalue weighted by molar-refractivity contribution is 5.89. The van der Waals surface area contributed by atoms with Crippen molar-refractivity contribution in [2.45, 2.75) is 73.8 Å². The predicted octanol–water partition coefficient (Wildman–Crippen LogP) is -1.36. The average Bonchev–Trinajstić information content (AvgIpc) is 3.00. The van der Waals surface area contributed by atoms with Gasteiger partial charge in [0.25, 0.3) is 0 Å². The van der Waals surface area contributed by atoms with Crippen LogP contribution in [0.4, 0.5) is 0 Å². The maximum Gasteiger partial charge on any atom is 0.338 e. The lowest BCUT2D eigenvalue weighted by Crippen LogP contribution is -2.80. The van der Waals surface area contributed by atoms with E-state index in [1.54, 1.807) is 37.3 Å². The second-order valence-electron chi connectivity index (χ2n) is 10.2. The van der Waals surface area contributed by atoms with Crippen molar-refractivity contribution in [3.8, 4) is 0 Å². The third kappa shape index (κ3) is 2.59. The molecule has 6 bridgehead atoms. The molecule has 7 aliphatic rings. The lowest BCUT2D eigenvalue weighted by molar-refractivity contribution is -0.424. The molecule has 4 aliphatic heterocycles. The summed E-state index contributed by atoms with van der Waals surface area (Å²) in [7, 11) is 0. The normalized spacial score (nSPS) is 52.5. The molecule has 0 amide bonds. The van der Waals surface area contributed by atoms with Crippen LogP contribution in [0.5, 0.6) is 0 Å². The third-order valence-corrected chi connectivity index (χ3v) is 8.57. The molecule has 4 saturated heterocycles. The van der Waals surface area contributed by atoms with E-state index in [9.17, 15) is 30.3 Å². The van der Waals surface area contributed by atoms with Crippen LogP contribution in [0.1, 0.15) is 30.1 Å². The summed E-state index contributed by atoms with van der Waals surface area (Å²) in [6.07, 6.45) is -7.87. The summed E-state index contributed by atoms with van der Waals surface area (Å²) in [5.74, 6) is -2.49. The van der Waals surface area contributed by atoms with Crippen LogP contribution in [0, 0.1) is 11.3 Å². The minimum atomic E-state index is -1.61. The first-order chi connectivity index (χ1) is 16.1. The van der Waals surface area contributed by atoms with Crippen LogP contribution < -0.4 is 0 Å². The van der Waals surface area contributed by atoms with Gasteiger partial charge in [-0.3, -0.25) is 0 Å². The number of ether oxygens (including phenoxy) is 5. The Bertz CT molecular complexity index is 988. The predicted molar refractivity (Wildman–Crippen MR) is 109 cm³/mol. The Hall–Kier alpha value is -1.67. The second kappa shape index (κ2) is 7.19. The molecule has 0 unspecified atom stereocenters. The van der Waals surface area contributed by atoms with Gasteiger partial charge in [-0.15, -0.1) is 0 Å². The molecule has 186 valence electrons. The van der Waals surface area contributed by atoms with Crippen LogP contribution >= 0.6 is 0 Å². The summed E-state index contributed by atoms with van der Waals surface area (Å²) in [6, 6.07) is 8.47. The fourth-order valence-corrected chi connectivity index (χ4v) is 6.87. The number of aliphatic hydroxyl groups is 5. The molecule has 11 nitrogen and oxygen atoms in total. The van der Waals surface area contributed by atoms with E-state index in [1.807, 2.05) is 0 Å². The summed E-state index contributed by atoms with van der Waals surface area (Å²) in [6.45, 7) is 0.985. The minimum Gasteiger partial charge on any atom is -0.461 e. The smallest absolute Gasteiger partial charge is 0.338 e. The summed E-state index contributed by atoms with van der Waals surface area (Å²) in [5.41, 5.74) is -2.99. The van der Waals surface area contributed by atoms with E-state index in [1.165, 1.54) is 0 Å². The van der Waals surface area contributed by atoms with Crippen LogP contribution in [-0.2, 0) is 23.7 Å². The summed E-state index contributed by atoms with van der Waals surface area (Å²) >= 11 is 0. The number of rotatable bonds is 6. The molecule has 11 atom stereocenters. The lowest BCUT2D eigenvalue weighted by Gasteiger charge is -2.67. The number of benzene rings is 1. The van der Waals surface area contributed by atoms with Gasteiger partial charge in [0.1, 0.15) is 42.2 Å². The molecular weight excluding hydrogens is 452 g/mol. The zero-order valence-electron chi connectivity index (χ0n) is 18.4. The molecule has 3 saturated carbocycles. The van der Waals surface area contributed by atoms with Gasteiger partial charge in [0.2, 0.25) is 0 Å². The highest BCUT2D eigenvalue weighted by atomic mass is 16.8. The molecule has 3 aliphatic carbocycles. The molecule has 4 heterocycles. The SMILES string of the molecule is C[C@@]12C[C@@]3(O)O[C@H](O1)[C@@]1(COC(=O)c4ccccc4)[C@@H]3C[C@@]12O[C@H]1O[C@H](CO)[C@H](O)[C@H](O)[C@H]1O. The van der Waals surface area contributed by atoms with Crippen molar-refractivity contribution in [2.24, 2.45) is 11.3 Å². The number of esters is 1. The summed E-state index contributed by atoms with van der Waals surface area (Å²) in [5, 5.41) is 51.7. The standard InChI is InChI=1S/C23H28O11/c1-20-9-22(29)13-7-23(20,32-18-16(27)15(26)14(25)12(8-24)31-18)21(13,19(33-20)34-22)10-30-17(28)11-5-3-2-4-6-11/h2-6,12-16,18-19,24-27,29H,7-10H2,1H3/t12-,13+,14+,15+,16-,18-,19+,20+,21-,22-,23+/m1/s1. The minimum absolute atomic E-state index is 0.0902. The topological polar surface area (TPSA) is 164 Å². The first-order valence-electron chi connectivity index (χ1n) is 11.4. The first-order valence-corrected chi connectivity index (χ1v) is 11.4. The fourth-order valence-electron chi connectivity index (χ4n) is 6.87. The highest BCUT2D eigenvalue weighted by Crippen LogP contribution is 2.81. The van der Waals surface area contributed by atoms with E-state index >= 15 is 0 Å². The molecule has 1 aromatic rings. The first kappa shape index (κ1) is 22.8. The Kier molecular flexibility index (Phi) is 4.81. The van der Waals surface area contributed by atoms with Crippen molar-refractivity contribution in [3.05, 3.63) is 35.9 Å². The van der Waals surface area contributed by atoms with Crippen LogP contribution in [0.15, 0.2) is 30.3 Å². The molecule has 0 spiro atoms. The Labute approximate surface area is 194 Å². The molecule has 0 radical (unpaired) electrons. The van der Waals surface area contributed by atoms with Gasteiger partial charge >= 0.3 is 5.97 Å². The zero-order valence-corrected chi connectivity index (χ0v) is 18.4. The quantitative estimate of drug-likeness (QED) is 0.306. The number of carbonyl (C=O) groups excluding carboxylic acids is 1. The van der Waals surface area contributed by atoms with Gasteiger partial charge in [-0.2, -0.15) is 0 Å². The van der Waals surface area contributed by atoms with Crippen molar-refractivity contribution in [3.63, 3.8) is 0 Å². The van der Waals surface area contributed by atoms with Crippen molar-refractivity contribution in [2.75, 3.05) is 13.2 Å². The van der Waals surface area contributed by atoms with E-state index in [2.05, 4.69) is 0 Å². The molecule has 11 heteroatoms. The molecule has 34 heavy (non-hydrogen) atoms. The number of hydrogen-bond acceptors (Lipinski definition) is 11. The van der Waals surface area contributed by atoms with E-state index in [0.29, 0.717) is 5.56 Å². The van der Waals surface area contributed by atoms with Crippen molar-refractivity contribution in [1.29, 1.82) is 0 Å². The van der Waals surface area contributed by atoms with Crippen LogP contribution in [0.3, 0.4) is 0 Å². The molecular formula is C23H28O11. The van der Waals surface area contributed by atoms with Crippen molar-refractivity contribution < 1.29 is 54.0 Å². The zero-order chi connectivity index (χ0) is 24.1. The maximum absolute atomic E-state index is 12.7. The molecule has 5 N–H and O–H groups in total. The molecule has 8 rings (SSSR count). The van der Waals surface area contributed by atoms with Gasteiger partial charge in [0.15, 0.2) is 18.4 Å². The van der Waals surface area contributed by atoms with Crippen LogP contribution in [-0.4, -0.2) is 98.7 Å². The van der Waals surface area contributed by atoms with Gasteiger partial charge in [0.05, 0.1) is 17.6 Å². The largest absolute Gasteiger partial charge is 0.461 e. The van der Waals surface area contributed by atoms with Crippen LogP contribution in [0.25, 0.3) is 0 Å². The van der Waals surface area contributed by atoms with E-state index in [4.69, 9.17) is 23.7 Å². The summed E-state index contributed by atoms with van der Waals surface area (Å²) < 4.78 is 29.7. The molecule has 1 aromatic carbocycles. The second-order valence-corrected chi connectivity index (χ2v) is 10.2. The number of aliphatic hydroxyl groups excluding tert-OH is 4. The average molecular weight is 480 g/mol. The molecule has 7 fully saturated rings. The monoisotopic (exact) mass is 480 g/mol. The lowest BCUT2D eigenvalue weighted by atomic mass is 9.41. The number of carbonyl (C=O) groups is 1. The van der Waals surface area contributed by atoms with Gasteiger partial charge in [0, 0.05) is 12.3 Å². The van der Waals surface area contributed by atoms with E-state index < -0.39 is 77.9 Å². The summed E-state index contributed by atoms with van der Waals surface area (Å²) in [4.78, 5) is 12.7. The van der Waals surface area contributed by atoms with Crippen molar-refractivity contribution in [1.82, 2.24) is 0 Å². The fraction of sp³-hybridized carbons (Fsp3) is 0.696. The van der Waals surface area contributed by atoms with Crippen LogP contribution in [0.2, 0.25) is 0 Å². The van der Waals surface area contributed by atoms with E-state index in [0.717, 1.165) is 0 Å². The maximum atomic E-state index is 12.7. The van der Waals surface area contributed by atoms with Gasteiger partial charge in [-0.25, -0.2) is 4.79 Å². The highest BCUT2D eigenvalue weighted by Gasteiger charge is 2.94. The Morgan fingerprint density at radius 2 is 1.85 bits per heavy atom. The Balaban J connectivity index is 1.32. The molecule has 0 aromatic heterocycles. The van der Waals surface area contributed by atoms with Crippen molar-refractivity contribution >= 4 is 5.97 Å². The Morgan fingerprint density at radius 3 is 2.56 bits per heavy atom. The van der Waals surface area contributed by atoms with Gasteiger partial charge < -0.3 is 49.2 Å². The number of hydrogen-bond donors (Lipinski definition) is 5. The third-order valence-electron chi connectivity index (χ3n) is 8.57.